The van der Waals surface area contributed by atoms with Crippen LogP contribution < -0.4 is 0 Å². The monoisotopic (exact) mass is 311 g/mol. The third kappa shape index (κ3) is 2.35. The van der Waals surface area contributed by atoms with Gasteiger partial charge in [-0.05, 0) is 35.1 Å². The van der Waals surface area contributed by atoms with E-state index < -0.39 is 11.9 Å². The number of nitrogens with zero attached hydrogens (tertiary/aromatic N) is 1. The van der Waals surface area contributed by atoms with E-state index in [0.29, 0.717) is 13.1 Å². The van der Waals surface area contributed by atoms with E-state index >= 15 is 0 Å². The number of carboxylic acid groups (broad SMARTS) is 1. The number of carbonyl (C=O) groups is 2. The molecule has 1 fully saturated rings. The molecule has 0 aromatic carbocycles. The standard InChI is InChI=1S/C14H17NO3S2/c1-8-6-15(7-10(8)14(17)18)13(16)12-9-2-4-19-11(9)3-5-20-12/h2,4,8,10,12H,3,5-7H2,1H3,(H,17,18)/t8-,10-,12?/m1/s1. The number of aryl methyl sites for hydroxylation is 1. The van der Waals surface area contributed by atoms with Crippen LogP contribution in [0.25, 0.3) is 0 Å². The van der Waals surface area contributed by atoms with Gasteiger partial charge in [0.2, 0.25) is 5.91 Å². The maximum absolute atomic E-state index is 12.7. The first-order chi connectivity index (χ1) is 9.58. The van der Waals surface area contributed by atoms with Gasteiger partial charge in [-0.3, -0.25) is 9.59 Å². The maximum atomic E-state index is 12.7. The van der Waals surface area contributed by atoms with Crippen LogP contribution in [0.1, 0.15) is 22.6 Å². The quantitative estimate of drug-likeness (QED) is 0.910. The highest BCUT2D eigenvalue weighted by Crippen LogP contribution is 2.41. The molecule has 0 aliphatic carbocycles. The van der Waals surface area contributed by atoms with Crippen molar-refractivity contribution in [3.05, 3.63) is 21.9 Å². The van der Waals surface area contributed by atoms with Crippen molar-refractivity contribution in [2.24, 2.45) is 11.8 Å². The second kappa shape index (κ2) is 5.41. The zero-order valence-electron chi connectivity index (χ0n) is 11.2. The van der Waals surface area contributed by atoms with Crippen molar-refractivity contribution in [1.82, 2.24) is 4.90 Å². The lowest BCUT2D eigenvalue weighted by atomic mass is 9.99. The molecule has 1 amide bonds. The molecule has 0 saturated carbocycles. The van der Waals surface area contributed by atoms with E-state index in [1.54, 1.807) is 28.0 Å². The Morgan fingerprint density at radius 1 is 1.40 bits per heavy atom. The summed E-state index contributed by atoms with van der Waals surface area (Å²) in [5.41, 5.74) is 1.14. The van der Waals surface area contributed by atoms with Gasteiger partial charge >= 0.3 is 5.97 Å². The largest absolute Gasteiger partial charge is 0.481 e. The minimum atomic E-state index is -0.791. The van der Waals surface area contributed by atoms with Crippen molar-refractivity contribution in [3.8, 4) is 0 Å². The number of carbonyl (C=O) groups excluding carboxylic acids is 1. The Labute approximate surface area is 126 Å². The van der Waals surface area contributed by atoms with Crippen LogP contribution in [-0.4, -0.2) is 40.7 Å². The van der Waals surface area contributed by atoms with Gasteiger partial charge in [-0.15, -0.1) is 23.1 Å². The van der Waals surface area contributed by atoms with Crippen molar-refractivity contribution in [2.45, 2.75) is 18.6 Å². The number of likely N-dealkylation sites (tertiary alicyclic amines) is 1. The van der Waals surface area contributed by atoms with Crippen LogP contribution in [0.2, 0.25) is 0 Å². The van der Waals surface area contributed by atoms with Gasteiger partial charge in [0.15, 0.2) is 0 Å². The van der Waals surface area contributed by atoms with Crippen LogP contribution in [0.3, 0.4) is 0 Å². The first-order valence-electron chi connectivity index (χ1n) is 6.77. The van der Waals surface area contributed by atoms with E-state index in [1.165, 1.54) is 4.88 Å². The molecule has 0 bridgehead atoms. The van der Waals surface area contributed by atoms with Crippen LogP contribution in [0.15, 0.2) is 11.4 Å². The Morgan fingerprint density at radius 2 is 2.20 bits per heavy atom. The molecule has 3 atom stereocenters. The Bertz CT molecular complexity index is 542. The molecule has 20 heavy (non-hydrogen) atoms. The van der Waals surface area contributed by atoms with Crippen molar-refractivity contribution in [3.63, 3.8) is 0 Å². The number of thiophene rings is 1. The minimum Gasteiger partial charge on any atom is -0.481 e. The molecule has 2 aliphatic rings. The smallest absolute Gasteiger partial charge is 0.308 e. The third-order valence-corrected chi connectivity index (χ3v) is 6.37. The van der Waals surface area contributed by atoms with E-state index in [-0.39, 0.29) is 17.1 Å². The molecular formula is C14H17NO3S2. The highest BCUT2D eigenvalue weighted by atomic mass is 32.2. The molecule has 1 N–H and O–H groups in total. The molecule has 0 radical (unpaired) electrons. The lowest BCUT2D eigenvalue weighted by Crippen LogP contribution is -2.34. The van der Waals surface area contributed by atoms with Gasteiger partial charge in [0.25, 0.3) is 0 Å². The van der Waals surface area contributed by atoms with Gasteiger partial charge in [-0.1, -0.05) is 6.92 Å². The topological polar surface area (TPSA) is 57.6 Å². The summed E-state index contributed by atoms with van der Waals surface area (Å²) in [7, 11) is 0. The summed E-state index contributed by atoms with van der Waals surface area (Å²) in [5, 5.41) is 11.1. The van der Waals surface area contributed by atoms with Gasteiger partial charge < -0.3 is 10.0 Å². The van der Waals surface area contributed by atoms with Gasteiger partial charge in [-0.2, -0.15) is 0 Å². The molecule has 4 nitrogen and oxygen atoms in total. The molecule has 2 aliphatic heterocycles. The normalized spacial score (nSPS) is 29.2. The van der Waals surface area contributed by atoms with Gasteiger partial charge in [0, 0.05) is 18.0 Å². The van der Waals surface area contributed by atoms with Crippen molar-refractivity contribution >= 4 is 35.0 Å². The number of hydrogen-bond donors (Lipinski definition) is 1. The average Bonchev–Trinajstić information content (AvgIpc) is 3.03. The predicted octanol–water partition coefficient (Wildman–Crippen LogP) is 2.26. The lowest BCUT2D eigenvalue weighted by molar-refractivity contribution is -0.142. The van der Waals surface area contributed by atoms with Crippen LogP contribution in [0.4, 0.5) is 0 Å². The summed E-state index contributed by atoms with van der Waals surface area (Å²) >= 11 is 3.40. The van der Waals surface area contributed by atoms with Crippen molar-refractivity contribution < 1.29 is 14.7 Å². The third-order valence-electron chi connectivity index (χ3n) is 4.14. The van der Waals surface area contributed by atoms with Gasteiger partial charge in [0.05, 0.1) is 5.92 Å². The summed E-state index contributed by atoms with van der Waals surface area (Å²) in [5.74, 6) is -0.123. The first-order valence-corrected chi connectivity index (χ1v) is 8.70. The summed E-state index contributed by atoms with van der Waals surface area (Å²) in [4.78, 5) is 26.9. The van der Waals surface area contributed by atoms with Crippen LogP contribution in [-0.2, 0) is 16.0 Å². The highest BCUT2D eigenvalue weighted by Gasteiger charge is 2.40. The lowest BCUT2D eigenvalue weighted by Gasteiger charge is -2.26. The molecule has 1 aromatic heterocycles. The van der Waals surface area contributed by atoms with E-state index in [0.717, 1.165) is 17.7 Å². The fourth-order valence-electron chi connectivity index (χ4n) is 2.98. The predicted molar refractivity (Wildman–Crippen MR) is 80.1 cm³/mol. The fraction of sp³-hybridized carbons (Fsp3) is 0.571. The molecule has 3 rings (SSSR count). The van der Waals surface area contributed by atoms with Crippen molar-refractivity contribution in [2.75, 3.05) is 18.8 Å². The number of thioether (sulfide) groups is 1. The summed E-state index contributed by atoms with van der Waals surface area (Å²) in [6.07, 6.45) is 1.04. The van der Waals surface area contributed by atoms with Gasteiger partial charge in [0.1, 0.15) is 5.25 Å². The zero-order valence-corrected chi connectivity index (χ0v) is 12.9. The van der Waals surface area contributed by atoms with Crippen LogP contribution >= 0.6 is 23.1 Å². The number of rotatable bonds is 2. The number of hydrogen-bond acceptors (Lipinski definition) is 4. The minimum absolute atomic E-state index is 0.0342. The molecular weight excluding hydrogens is 294 g/mol. The van der Waals surface area contributed by atoms with E-state index in [1.807, 2.05) is 18.4 Å². The number of amides is 1. The molecule has 1 saturated heterocycles. The SMILES string of the molecule is C[C@@H]1CN(C(=O)C2SCCc3sccc32)C[C@H]1C(=O)O. The second-order valence-electron chi connectivity index (χ2n) is 5.47. The summed E-state index contributed by atoms with van der Waals surface area (Å²) in [6.45, 7) is 2.83. The van der Waals surface area contributed by atoms with Crippen LogP contribution in [0, 0.1) is 11.8 Å². The molecule has 3 heterocycles. The average molecular weight is 311 g/mol. The van der Waals surface area contributed by atoms with Crippen LogP contribution in [0.5, 0.6) is 0 Å². The first kappa shape index (κ1) is 13.9. The Kier molecular flexibility index (Phi) is 3.77. The zero-order chi connectivity index (χ0) is 14.3. The fourth-order valence-corrected chi connectivity index (χ4v) is 5.36. The number of carboxylic acids is 1. The number of fused-ring (bicyclic) bond motifs is 1. The Morgan fingerprint density at radius 3 is 2.90 bits per heavy atom. The summed E-state index contributed by atoms with van der Waals surface area (Å²) in [6, 6.07) is 2.04. The molecule has 108 valence electrons. The van der Waals surface area contributed by atoms with Crippen molar-refractivity contribution in [1.29, 1.82) is 0 Å². The van der Waals surface area contributed by atoms with E-state index in [4.69, 9.17) is 0 Å². The molecule has 0 spiro atoms. The number of aliphatic carboxylic acids is 1. The van der Waals surface area contributed by atoms with E-state index in [2.05, 4.69) is 0 Å². The molecule has 1 aromatic rings. The second-order valence-corrected chi connectivity index (χ2v) is 7.68. The molecule has 6 heteroatoms. The summed E-state index contributed by atoms with van der Waals surface area (Å²) < 4.78 is 0. The van der Waals surface area contributed by atoms with Gasteiger partial charge in [-0.25, -0.2) is 0 Å². The highest BCUT2D eigenvalue weighted by molar-refractivity contribution is 8.00. The maximum Gasteiger partial charge on any atom is 0.308 e. The Hall–Kier alpha value is -1.01. The molecule has 1 unspecified atom stereocenters. The van der Waals surface area contributed by atoms with E-state index in [9.17, 15) is 14.7 Å². The Balaban J connectivity index is 1.77.